The number of nitrogens with one attached hydrogen (secondary N) is 3. The van der Waals surface area contributed by atoms with Gasteiger partial charge in [-0.15, -0.1) is 0 Å². The Balaban J connectivity index is 1.83. The fraction of sp³-hybridized carbons (Fsp3) is 0.316. The standard InChI is InChI=1S/C19H25FN4O3S/c1-14(27-18-7-5-4-6-17(18)20)12-23-19(21-2)24-13-15-8-10-16(11-9-15)28(25,26)22-3/h4-11,14,22H,12-13H2,1-3H3,(H2,21,23,24). The van der Waals surface area contributed by atoms with Gasteiger partial charge in [0, 0.05) is 13.6 Å². The molecule has 0 aliphatic heterocycles. The van der Waals surface area contributed by atoms with E-state index in [4.69, 9.17) is 4.74 Å². The van der Waals surface area contributed by atoms with E-state index in [-0.39, 0.29) is 16.7 Å². The summed E-state index contributed by atoms with van der Waals surface area (Å²) in [6, 6.07) is 12.8. The Morgan fingerprint density at radius 2 is 1.82 bits per heavy atom. The molecule has 7 nitrogen and oxygen atoms in total. The molecule has 2 rings (SSSR count). The normalized spacial score (nSPS) is 13.1. The first kappa shape index (κ1) is 21.6. The fourth-order valence-corrected chi connectivity index (χ4v) is 3.08. The molecule has 0 fully saturated rings. The van der Waals surface area contributed by atoms with Crippen LogP contribution in [0.25, 0.3) is 0 Å². The van der Waals surface area contributed by atoms with Crippen molar-refractivity contribution in [3.63, 3.8) is 0 Å². The van der Waals surface area contributed by atoms with Crippen molar-refractivity contribution < 1.29 is 17.5 Å². The van der Waals surface area contributed by atoms with Gasteiger partial charge in [0.1, 0.15) is 6.10 Å². The van der Waals surface area contributed by atoms with Crippen LogP contribution in [0.15, 0.2) is 58.4 Å². The maximum Gasteiger partial charge on any atom is 0.240 e. The highest BCUT2D eigenvalue weighted by molar-refractivity contribution is 7.89. The Bertz CT molecular complexity index is 902. The third-order valence-electron chi connectivity index (χ3n) is 3.91. The van der Waals surface area contributed by atoms with Crippen molar-refractivity contribution in [3.05, 3.63) is 59.9 Å². The van der Waals surface area contributed by atoms with Crippen LogP contribution in [0.1, 0.15) is 12.5 Å². The number of para-hydroxylation sites is 1. The van der Waals surface area contributed by atoms with Gasteiger partial charge < -0.3 is 15.4 Å². The van der Waals surface area contributed by atoms with Gasteiger partial charge in [-0.3, -0.25) is 4.99 Å². The van der Waals surface area contributed by atoms with E-state index in [1.165, 1.54) is 13.1 Å². The molecule has 2 aromatic rings. The van der Waals surface area contributed by atoms with Crippen LogP contribution in [-0.4, -0.2) is 41.1 Å². The van der Waals surface area contributed by atoms with E-state index in [9.17, 15) is 12.8 Å². The number of aliphatic imine (C=N–C) groups is 1. The first-order valence-electron chi connectivity index (χ1n) is 8.74. The molecule has 1 unspecified atom stereocenters. The van der Waals surface area contributed by atoms with Crippen molar-refractivity contribution >= 4 is 16.0 Å². The van der Waals surface area contributed by atoms with Crippen molar-refractivity contribution in [1.82, 2.24) is 15.4 Å². The van der Waals surface area contributed by atoms with Crippen LogP contribution in [-0.2, 0) is 16.6 Å². The Morgan fingerprint density at radius 1 is 1.14 bits per heavy atom. The molecule has 0 amide bonds. The molecule has 0 bridgehead atoms. The Morgan fingerprint density at radius 3 is 2.43 bits per heavy atom. The molecule has 28 heavy (non-hydrogen) atoms. The second-order valence-electron chi connectivity index (χ2n) is 6.02. The summed E-state index contributed by atoms with van der Waals surface area (Å²) < 4.78 is 44.9. The number of sulfonamides is 1. The van der Waals surface area contributed by atoms with E-state index in [0.717, 1.165) is 5.56 Å². The highest BCUT2D eigenvalue weighted by Gasteiger charge is 2.11. The Kier molecular flexibility index (Phi) is 7.77. The third kappa shape index (κ3) is 6.21. The van der Waals surface area contributed by atoms with Gasteiger partial charge in [0.25, 0.3) is 0 Å². The fourth-order valence-electron chi connectivity index (χ4n) is 2.35. The van der Waals surface area contributed by atoms with Crippen molar-refractivity contribution in [2.45, 2.75) is 24.5 Å². The van der Waals surface area contributed by atoms with Crippen molar-refractivity contribution in [2.75, 3.05) is 20.6 Å². The quantitative estimate of drug-likeness (QED) is 0.458. The zero-order chi connectivity index (χ0) is 20.6. The largest absolute Gasteiger partial charge is 0.486 e. The summed E-state index contributed by atoms with van der Waals surface area (Å²) in [4.78, 5) is 4.34. The summed E-state index contributed by atoms with van der Waals surface area (Å²) in [5.74, 6) is 0.354. The predicted octanol–water partition coefficient (Wildman–Crippen LogP) is 1.87. The summed E-state index contributed by atoms with van der Waals surface area (Å²) in [5, 5.41) is 6.24. The molecule has 152 valence electrons. The summed E-state index contributed by atoms with van der Waals surface area (Å²) in [6.45, 7) is 2.71. The van der Waals surface area contributed by atoms with E-state index in [1.54, 1.807) is 49.5 Å². The monoisotopic (exact) mass is 408 g/mol. The third-order valence-corrected chi connectivity index (χ3v) is 5.34. The number of hydrogen-bond acceptors (Lipinski definition) is 4. The van der Waals surface area contributed by atoms with Gasteiger partial charge >= 0.3 is 0 Å². The topological polar surface area (TPSA) is 91.8 Å². The minimum absolute atomic E-state index is 0.205. The predicted molar refractivity (Wildman–Crippen MR) is 107 cm³/mol. The molecule has 0 heterocycles. The number of guanidine groups is 1. The Labute approximate surface area is 165 Å². The highest BCUT2D eigenvalue weighted by Crippen LogP contribution is 2.16. The maximum atomic E-state index is 13.6. The average Bonchev–Trinajstić information content (AvgIpc) is 2.70. The lowest BCUT2D eigenvalue weighted by molar-refractivity contribution is 0.214. The van der Waals surface area contributed by atoms with Gasteiger partial charge in [0.15, 0.2) is 17.5 Å². The van der Waals surface area contributed by atoms with Crippen LogP contribution >= 0.6 is 0 Å². The van der Waals surface area contributed by atoms with E-state index in [2.05, 4.69) is 20.3 Å². The number of hydrogen-bond donors (Lipinski definition) is 3. The lowest BCUT2D eigenvalue weighted by Gasteiger charge is -2.18. The number of benzene rings is 2. The molecule has 0 radical (unpaired) electrons. The van der Waals surface area contributed by atoms with Crippen LogP contribution in [0.2, 0.25) is 0 Å². The van der Waals surface area contributed by atoms with E-state index < -0.39 is 15.8 Å². The number of halogens is 1. The minimum Gasteiger partial charge on any atom is -0.486 e. The van der Waals surface area contributed by atoms with Gasteiger partial charge in [-0.1, -0.05) is 24.3 Å². The highest BCUT2D eigenvalue weighted by atomic mass is 32.2. The van der Waals surface area contributed by atoms with Crippen LogP contribution in [0.4, 0.5) is 4.39 Å². The Hall–Kier alpha value is -2.65. The van der Waals surface area contributed by atoms with Crippen LogP contribution in [0, 0.1) is 5.82 Å². The lowest BCUT2D eigenvalue weighted by atomic mass is 10.2. The molecular formula is C19H25FN4O3S. The second-order valence-corrected chi connectivity index (χ2v) is 7.90. The van der Waals surface area contributed by atoms with Crippen molar-refractivity contribution in [1.29, 1.82) is 0 Å². The molecule has 0 aliphatic carbocycles. The zero-order valence-corrected chi connectivity index (χ0v) is 16.9. The summed E-state index contributed by atoms with van der Waals surface area (Å²) >= 11 is 0. The maximum absolute atomic E-state index is 13.6. The summed E-state index contributed by atoms with van der Waals surface area (Å²) in [5.41, 5.74) is 0.897. The SMILES string of the molecule is CN=C(NCc1ccc(S(=O)(=O)NC)cc1)NCC(C)Oc1ccccc1F. The molecule has 3 N–H and O–H groups in total. The van der Waals surface area contributed by atoms with Crippen LogP contribution in [0.3, 0.4) is 0 Å². The minimum atomic E-state index is -3.45. The molecule has 1 atom stereocenters. The van der Waals surface area contributed by atoms with Gasteiger partial charge in [0.2, 0.25) is 10.0 Å². The number of nitrogens with zero attached hydrogens (tertiary/aromatic N) is 1. The zero-order valence-electron chi connectivity index (χ0n) is 16.1. The number of rotatable bonds is 8. The van der Waals surface area contributed by atoms with Crippen LogP contribution < -0.4 is 20.1 Å². The van der Waals surface area contributed by atoms with Gasteiger partial charge in [-0.2, -0.15) is 0 Å². The van der Waals surface area contributed by atoms with Gasteiger partial charge in [0.05, 0.1) is 11.4 Å². The van der Waals surface area contributed by atoms with Crippen molar-refractivity contribution in [2.24, 2.45) is 4.99 Å². The first-order valence-corrected chi connectivity index (χ1v) is 10.2. The summed E-state index contributed by atoms with van der Waals surface area (Å²) in [7, 11) is -0.434. The lowest BCUT2D eigenvalue weighted by Crippen LogP contribution is -2.41. The molecule has 9 heteroatoms. The van der Waals surface area contributed by atoms with Gasteiger partial charge in [-0.25, -0.2) is 17.5 Å². The second kappa shape index (κ2) is 10.0. The molecule has 2 aromatic carbocycles. The van der Waals surface area contributed by atoms with E-state index in [0.29, 0.717) is 19.0 Å². The molecule has 0 saturated carbocycles. The smallest absolute Gasteiger partial charge is 0.240 e. The molecular weight excluding hydrogens is 383 g/mol. The van der Waals surface area contributed by atoms with Gasteiger partial charge in [-0.05, 0) is 43.8 Å². The van der Waals surface area contributed by atoms with Crippen molar-refractivity contribution in [3.8, 4) is 5.75 Å². The first-order chi connectivity index (χ1) is 13.4. The molecule has 0 spiro atoms. The average molecular weight is 408 g/mol. The molecule has 0 aliphatic rings. The van der Waals surface area contributed by atoms with Crippen LogP contribution in [0.5, 0.6) is 5.75 Å². The molecule has 0 saturated heterocycles. The van der Waals surface area contributed by atoms with E-state index >= 15 is 0 Å². The van der Waals surface area contributed by atoms with E-state index in [1.807, 2.05) is 6.92 Å². The number of ether oxygens (including phenoxy) is 1. The molecule has 0 aromatic heterocycles. The summed E-state index contributed by atoms with van der Waals surface area (Å²) in [6.07, 6.45) is -0.276.